The number of allylic oxidation sites excluding steroid dienone is 2. The van der Waals surface area contributed by atoms with Gasteiger partial charge in [0, 0.05) is 5.33 Å². The molecule has 0 heterocycles. The van der Waals surface area contributed by atoms with E-state index >= 15 is 0 Å². The van der Waals surface area contributed by atoms with Gasteiger partial charge in [0.2, 0.25) is 0 Å². The second-order valence-corrected chi connectivity index (χ2v) is 5.71. The smallest absolute Gasteiger partial charge is 0.155 e. The molecule has 0 aromatic heterocycles. The van der Waals surface area contributed by atoms with E-state index in [4.69, 9.17) is 9.47 Å². The summed E-state index contributed by atoms with van der Waals surface area (Å²) in [6.07, 6.45) is 4.46. The van der Waals surface area contributed by atoms with Gasteiger partial charge in [0.25, 0.3) is 0 Å². The standard InChI is InChI=1S/C14H27BrO2/c1-11(2)7-6-8-14(9-15)17-13(5)16-10-12(3)4/h7,12-14H,6,8-10H2,1-5H3. The summed E-state index contributed by atoms with van der Waals surface area (Å²) >= 11 is 3.49. The average molecular weight is 307 g/mol. The van der Waals surface area contributed by atoms with Crippen molar-refractivity contribution < 1.29 is 9.47 Å². The van der Waals surface area contributed by atoms with Gasteiger partial charge >= 0.3 is 0 Å². The summed E-state index contributed by atoms with van der Waals surface area (Å²) in [4.78, 5) is 0. The molecule has 2 atom stereocenters. The molecule has 0 amide bonds. The van der Waals surface area contributed by atoms with Crippen LogP contribution in [0.5, 0.6) is 0 Å². The summed E-state index contributed by atoms with van der Waals surface area (Å²) in [5, 5.41) is 0.860. The molecule has 0 spiro atoms. The van der Waals surface area contributed by atoms with Crippen LogP contribution in [0.15, 0.2) is 11.6 Å². The normalized spacial score (nSPS) is 14.8. The maximum absolute atomic E-state index is 5.83. The van der Waals surface area contributed by atoms with Crippen LogP contribution in [0.25, 0.3) is 0 Å². The SMILES string of the molecule is CC(C)=CCCC(CBr)OC(C)OCC(C)C. The number of hydrogen-bond acceptors (Lipinski definition) is 2. The Labute approximate surface area is 115 Å². The molecule has 2 nitrogen and oxygen atoms in total. The van der Waals surface area contributed by atoms with Crippen molar-refractivity contribution >= 4 is 15.9 Å². The van der Waals surface area contributed by atoms with Crippen molar-refractivity contribution in [2.24, 2.45) is 5.92 Å². The molecular weight excluding hydrogens is 280 g/mol. The van der Waals surface area contributed by atoms with E-state index in [1.165, 1.54) is 5.57 Å². The van der Waals surface area contributed by atoms with Crippen molar-refractivity contribution in [3.05, 3.63) is 11.6 Å². The molecule has 0 aliphatic rings. The van der Waals surface area contributed by atoms with Gasteiger partial charge in [-0.15, -0.1) is 0 Å². The summed E-state index contributed by atoms with van der Waals surface area (Å²) in [5.74, 6) is 0.550. The maximum Gasteiger partial charge on any atom is 0.155 e. The van der Waals surface area contributed by atoms with Crippen LogP contribution in [0.4, 0.5) is 0 Å². The van der Waals surface area contributed by atoms with E-state index in [1.807, 2.05) is 6.92 Å². The topological polar surface area (TPSA) is 18.5 Å². The summed E-state index contributed by atoms with van der Waals surface area (Å²) in [6.45, 7) is 11.3. The summed E-state index contributed by atoms with van der Waals surface area (Å²) < 4.78 is 11.4. The molecule has 0 saturated heterocycles. The molecule has 17 heavy (non-hydrogen) atoms. The van der Waals surface area contributed by atoms with Crippen molar-refractivity contribution in [1.29, 1.82) is 0 Å². The average Bonchev–Trinajstić information content (AvgIpc) is 2.24. The molecular formula is C14H27BrO2. The molecule has 0 bridgehead atoms. The first-order chi connectivity index (χ1) is 7.95. The molecule has 2 unspecified atom stereocenters. The third-order valence-electron chi connectivity index (χ3n) is 2.26. The Kier molecular flexibility index (Phi) is 10.2. The Morgan fingerprint density at radius 1 is 1.24 bits per heavy atom. The minimum absolute atomic E-state index is 0.119. The number of hydrogen-bond donors (Lipinski definition) is 0. The number of rotatable bonds is 9. The highest BCUT2D eigenvalue weighted by Gasteiger charge is 2.12. The zero-order chi connectivity index (χ0) is 13.3. The second-order valence-electron chi connectivity index (χ2n) is 5.07. The molecule has 0 saturated carbocycles. The van der Waals surface area contributed by atoms with E-state index < -0.39 is 0 Å². The zero-order valence-corrected chi connectivity index (χ0v) is 13.4. The lowest BCUT2D eigenvalue weighted by atomic mass is 10.2. The number of ether oxygens (including phenoxy) is 2. The van der Waals surface area contributed by atoms with E-state index in [0.717, 1.165) is 24.8 Å². The fourth-order valence-electron chi connectivity index (χ4n) is 1.38. The summed E-state index contributed by atoms with van der Waals surface area (Å²) in [6, 6.07) is 0. The van der Waals surface area contributed by atoms with Gasteiger partial charge in [0.05, 0.1) is 12.7 Å². The molecule has 0 radical (unpaired) electrons. The fourth-order valence-corrected chi connectivity index (χ4v) is 1.85. The lowest BCUT2D eigenvalue weighted by Gasteiger charge is -2.21. The molecule has 102 valence electrons. The van der Waals surface area contributed by atoms with Gasteiger partial charge in [-0.3, -0.25) is 0 Å². The van der Waals surface area contributed by atoms with Crippen LogP contribution in [-0.4, -0.2) is 24.3 Å². The highest BCUT2D eigenvalue weighted by Crippen LogP contribution is 2.11. The molecule has 0 aliphatic heterocycles. The lowest BCUT2D eigenvalue weighted by Crippen LogP contribution is -2.24. The lowest BCUT2D eigenvalue weighted by molar-refractivity contribution is -0.160. The Hall–Kier alpha value is 0.140. The predicted molar refractivity (Wildman–Crippen MR) is 77.6 cm³/mol. The van der Waals surface area contributed by atoms with Crippen LogP contribution in [0.1, 0.15) is 47.5 Å². The third kappa shape index (κ3) is 11.0. The number of halogens is 1. The van der Waals surface area contributed by atoms with Crippen LogP contribution in [0.2, 0.25) is 0 Å². The van der Waals surface area contributed by atoms with E-state index in [1.54, 1.807) is 0 Å². The monoisotopic (exact) mass is 306 g/mol. The first kappa shape index (κ1) is 17.1. The van der Waals surface area contributed by atoms with Gasteiger partial charge in [-0.2, -0.15) is 0 Å². The number of alkyl halides is 1. The highest BCUT2D eigenvalue weighted by atomic mass is 79.9. The highest BCUT2D eigenvalue weighted by molar-refractivity contribution is 9.09. The molecule has 0 aromatic rings. The van der Waals surface area contributed by atoms with Gasteiger partial charge in [-0.1, -0.05) is 41.4 Å². The van der Waals surface area contributed by atoms with Crippen LogP contribution < -0.4 is 0 Å². The molecule has 0 aliphatic carbocycles. The minimum atomic E-state index is -0.119. The predicted octanol–water partition coefficient (Wildman–Crippen LogP) is 4.53. The van der Waals surface area contributed by atoms with Crippen molar-refractivity contribution in [3.63, 3.8) is 0 Å². The van der Waals surface area contributed by atoms with Crippen LogP contribution in [0, 0.1) is 5.92 Å². The van der Waals surface area contributed by atoms with Crippen LogP contribution >= 0.6 is 15.9 Å². The Morgan fingerprint density at radius 3 is 2.35 bits per heavy atom. The third-order valence-corrected chi connectivity index (χ3v) is 2.98. The Balaban J connectivity index is 3.83. The van der Waals surface area contributed by atoms with Gasteiger partial charge in [-0.25, -0.2) is 0 Å². The van der Waals surface area contributed by atoms with Gasteiger partial charge in [0.15, 0.2) is 6.29 Å². The first-order valence-electron chi connectivity index (χ1n) is 6.42. The van der Waals surface area contributed by atoms with E-state index in [-0.39, 0.29) is 12.4 Å². The van der Waals surface area contributed by atoms with E-state index in [0.29, 0.717) is 5.92 Å². The Morgan fingerprint density at radius 2 is 1.88 bits per heavy atom. The van der Waals surface area contributed by atoms with Gasteiger partial charge < -0.3 is 9.47 Å². The summed E-state index contributed by atoms with van der Waals surface area (Å²) in [5.41, 5.74) is 1.36. The van der Waals surface area contributed by atoms with Crippen molar-refractivity contribution in [1.82, 2.24) is 0 Å². The molecule has 3 heteroatoms. The van der Waals surface area contributed by atoms with E-state index in [2.05, 4.69) is 49.7 Å². The van der Waals surface area contributed by atoms with Gasteiger partial charge in [0.1, 0.15) is 0 Å². The molecule has 0 N–H and O–H groups in total. The van der Waals surface area contributed by atoms with Crippen molar-refractivity contribution in [2.45, 2.75) is 59.9 Å². The van der Waals surface area contributed by atoms with Crippen LogP contribution in [-0.2, 0) is 9.47 Å². The molecule has 0 aromatic carbocycles. The quantitative estimate of drug-likeness (QED) is 0.354. The Bertz CT molecular complexity index is 210. The fraction of sp³-hybridized carbons (Fsp3) is 0.857. The molecule has 0 fully saturated rings. The van der Waals surface area contributed by atoms with E-state index in [9.17, 15) is 0 Å². The summed E-state index contributed by atoms with van der Waals surface area (Å²) in [7, 11) is 0. The van der Waals surface area contributed by atoms with Crippen molar-refractivity contribution in [3.8, 4) is 0 Å². The zero-order valence-electron chi connectivity index (χ0n) is 11.8. The van der Waals surface area contributed by atoms with Crippen molar-refractivity contribution in [2.75, 3.05) is 11.9 Å². The second kappa shape index (κ2) is 10.1. The minimum Gasteiger partial charge on any atom is -0.353 e. The molecule has 0 rings (SSSR count). The first-order valence-corrected chi connectivity index (χ1v) is 7.54. The van der Waals surface area contributed by atoms with Gasteiger partial charge in [-0.05, 0) is 39.5 Å². The maximum atomic E-state index is 5.83. The largest absolute Gasteiger partial charge is 0.353 e. The van der Waals surface area contributed by atoms with Crippen LogP contribution in [0.3, 0.4) is 0 Å².